The third-order valence-electron chi connectivity index (χ3n) is 3.26. The van der Waals surface area contributed by atoms with E-state index in [4.69, 9.17) is 0 Å². The van der Waals surface area contributed by atoms with Crippen LogP contribution in [-0.2, 0) is 10.0 Å². The molecule has 0 radical (unpaired) electrons. The molecule has 1 rings (SSSR count). The molecule has 1 saturated heterocycles. The van der Waals surface area contributed by atoms with E-state index in [0.29, 0.717) is 32.7 Å². The largest absolute Gasteiger partial charge is 0.392 e. The molecule has 5 nitrogen and oxygen atoms in total. The molecule has 6 heteroatoms. The molecule has 1 fully saturated rings. The molecule has 0 bridgehead atoms. The summed E-state index contributed by atoms with van der Waals surface area (Å²) >= 11 is 0. The minimum absolute atomic E-state index is 0.162. The number of nitrogens with zero attached hydrogens (tertiary/aromatic N) is 2. The van der Waals surface area contributed by atoms with Gasteiger partial charge in [0.15, 0.2) is 0 Å². The molecule has 1 aliphatic heterocycles. The molecule has 1 N–H and O–H groups in total. The predicted molar refractivity (Wildman–Crippen MR) is 72.9 cm³/mol. The van der Waals surface area contributed by atoms with E-state index in [1.807, 2.05) is 0 Å². The first-order valence-electron chi connectivity index (χ1n) is 6.48. The summed E-state index contributed by atoms with van der Waals surface area (Å²) < 4.78 is 24.9. The van der Waals surface area contributed by atoms with Gasteiger partial charge >= 0.3 is 0 Å². The molecule has 106 valence electrons. The number of allylic oxidation sites excluding steroid dienone is 1. The number of rotatable bonds is 7. The fourth-order valence-electron chi connectivity index (χ4n) is 2.07. The third kappa shape index (κ3) is 4.68. The molecule has 0 saturated carbocycles. The van der Waals surface area contributed by atoms with Gasteiger partial charge in [-0.1, -0.05) is 6.08 Å². The quantitative estimate of drug-likeness (QED) is 0.679. The molecular formula is C12H24N2O3S. The molecule has 0 aliphatic carbocycles. The van der Waals surface area contributed by atoms with Crippen molar-refractivity contribution in [2.75, 3.05) is 38.5 Å². The van der Waals surface area contributed by atoms with Crippen LogP contribution in [0.5, 0.6) is 0 Å². The first-order valence-corrected chi connectivity index (χ1v) is 8.09. The summed E-state index contributed by atoms with van der Waals surface area (Å²) in [6.45, 7) is 8.38. The average molecular weight is 276 g/mol. The van der Waals surface area contributed by atoms with Crippen molar-refractivity contribution in [2.24, 2.45) is 0 Å². The van der Waals surface area contributed by atoms with Gasteiger partial charge in [0.1, 0.15) is 0 Å². The number of aliphatic hydroxyl groups is 1. The third-order valence-corrected chi connectivity index (χ3v) is 5.14. The summed E-state index contributed by atoms with van der Waals surface area (Å²) in [6, 6.07) is 0. The van der Waals surface area contributed by atoms with Crippen molar-refractivity contribution in [1.82, 2.24) is 9.21 Å². The number of β-amino-alcohol motifs (C(OH)–C–C–N with tert-alkyl or cyclic N) is 1. The van der Waals surface area contributed by atoms with E-state index >= 15 is 0 Å². The molecular weight excluding hydrogens is 252 g/mol. The Hall–Kier alpha value is -0.430. The van der Waals surface area contributed by atoms with Crippen LogP contribution >= 0.6 is 0 Å². The maximum absolute atomic E-state index is 11.7. The van der Waals surface area contributed by atoms with Crippen molar-refractivity contribution in [1.29, 1.82) is 0 Å². The SMILES string of the molecule is C=CCCC(O)CN1CCN(S(=O)(=O)CC)CC1. The summed E-state index contributed by atoms with van der Waals surface area (Å²) in [5, 5.41) is 9.78. The molecule has 0 aromatic rings. The monoisotopic (exact) mass is 276 g/mol. The highest BCUT2D eigenvalue weighted by Gasteiger charge is 2.25. The van der Waals surface area contributed by atoms with E-state index in [-0.39, 0.29) is 11.9 Å². The van der Waals surface area contributed by atoms with Crippen LogP contribution in [-0.4, -0.2) is 67.3 Å². The lowest BCUT2D eigenvalue weighted by atomic mass is 10.2. The minimum atomic E-state index is -3.06. The molecule has 0 aromatic heterocycles. The molecule has 1 heterocycles. The number of hydrogen-bond acceptors (Lipinski definition) is 4. The van der Waals surface area contributed by atoms with Crippen LogP contribution in [0.15, 0.2) is 12.7 Å². The molecule has 0 spiro atoms. The van der Waals surface area contributed by atoms with E-state index in [1.165, 1.54) is 0 Å². The fourth-order valence-corrected chi connectivity index (χ4v) is 3.16. The summed E-state index contributed by atoms with van der Waals surface area (Å²) in [6.07, 6.45) is 2.98. The van der Waals surface area contributed by atoms with Gasteiger partial charge in [-0.05, 0) is 19.8 Å². The summed E-state index contributed by atoms with van der Waals surface area (Å²) in [4.78, 5) is 2.12. The molecule has 1 unspecified atom stereocenters. The number of piperazine rings is 1. The van der Waals surface area contributed by atoms with Gasteiger partial charge in [-0.15, -0.1) is 6.58 Å². The summed E-state index contributed by atoms with van der Waals surface area (Å²) in [5.41, 5.74) is 0. The standard InChI is InChI=1S/C12H24N2O3S/c1-3-5-6-12(15)11-13-7-9-14(10-8-13)18(16,17)4-2/h3,12,15H,1,4-11H2,2H3. The summed E-state index contributed by atoms with van der Waals surface area (Å²) in [5.74, 6) is 0.162. The van der Waals surface area contributed by atoms with E-state index in [2.05, 4.69) is 11.5 Å². The van der Waals surface area contributed by atoms with Crippen LogP contribution in [0.1, 0.15) is 19.8 Å². The second-order valence-electron chi connectivity index (χ2n) is 4.62. The van der Waals surface area contributed by atoms with Crippen molar-refractivity contribution in [2.45, 2.75) is 25.9 Å². The lowest BCUT2D eigenvalue weighted by Gasteiger charge is -2.34. The Balaban J connectivity index is 2.33. The van der Waals surface area contributed by atoms with Gasteiger partial charge in [0.25, 0.3) is 0 Å². The normalized spacial score (nSPS) is 20.8. The van der Waals surface area contributed by atoms with Crippen LogP contribution in [0.25, 0.3) is 0 Å². The van der Waals surface area contributed by atoms with E-state index in [0.717, 1.165) is 12.8 Å². The molecule has 0 amide bonds. The number of hydrogen-bond donors (Lipinski definition) is 1. The topological polar surface area (TPSA) is 60.9 Å². The van der Waals surface area contributed by atoms with Gasteiger partial charge in [0, 0.05) is 32.7 Å². The van der Waals surface area contributed by atoms with Crippen molar-refractivity contribution >= 4 is 10.0 Å². The van der Waals surface area contributed by atoms with Gasteiger partial charge in [-0.25, -0.2) is 8.42 Å². The Bertz CT molecular complexity index is 348. The van der Waals surface area contributed by atoms with E-state index in [9.17, 15) is 13.5 Å². The second kappa shape index (κ2) is 7.23. The Morgan fingerprint density at radius 2 is 1.94 bits per heavy atom. The van der Waals surface area contributed by atoms with E-state index in [1.54, 1.807) is 17.3 Å². The van der Waals surface area contributed by atoms with Crippen LogP contribution in [0.4, 0.5) is 0 Å². The minimum Gasteiger partial charge on any atom is -0.392 e. The zero-order chi connectivity index (χ0) is 13.6. The first kappa shape index (κ1) is 15.6. The van der Waals surface area contributed by atoms with Crippen molar-refractivity contribution < 1.29 is 13.5 Å². The van der Waals surface area contributed by atoms with Gasteiger partial charge in [0.2, 0.25) is 10.0 Å². The lowest BCUT2D eigenvalue weighted by Crippen LogP contribution is -2.50. The number of sulfonamides is 1. The predicted octanol–water partition coefficient (Wildman–Crippen LogP) is 0.281. The molecule has 0 aromatic carbocycles. The average Bonchev–Trinajstić information content (AvgIpc) is 2.37. The van der Waals surface area contributed by atoms with Crippen molar-refractivity contribution in [3.8, 4) is 0 Å². The van der Waals surface area contributed by atoms with Crippen LogP contribution < -0.4 is 0 Å². The van der Waals surface area contributed by atoms with Crippen LogP contribution in [0.3, 0.4) is 0 Å². The lowest BCUT2D eigenvalue weighted by molar-refractivity contribution is 0.0872. The second-order valence-corrected chi connectivity index (χ2v) is 6.88. The molecule has 18 heavy (non-hydrogen) atoms. The van der Waals surface area contributed by atoms with Crippen LogP contribution in [0.2, 0.25) is 0 Å². The summed E-state index contributed by atoms with van der Waals surface area (Å²) in [7, 11) is -3.06. The van der Waals surface area contributed by atoms with Crippen molar-refractivity contribution in [3.63, 3.8) is 0 Å². The highest BCUT2D eigenvalue weighted by Crippen LogP contribution is 2.09. The maximum atomic E-state index is 11.7. The first-order chi connectivity index (χ1) is 8.49. The zero-order valence-corrected chi connectivity index (χ0v) is 11.9. The zero-order valence-electron chi connectivity index (χ0n) is 11.1. The Morgan fingerprint density at radius 1 is 1.33 bits per heavy atom. The van der Waals surface area contributed by atoms with Gasteiger partial charge in [-0.3, -0.25) is 4.90 Å². The highest BCUT2D eigenvalue weighted by molar-refractivity contribution is 7.89. The van der Waals surface area contributed by atoms with E-state index < -0.39 is 10.0 Å². The van der Waals surface area contributed by atoms with Gasteiger partial charge in [0.05, 0.1) is 11.9 Å². The molecule has 1 aliphatic rings. The smallest absolute Gasteiger partial charge is 0.213 e. The maximum Gasteiger partial charge on any atom is 0.213 e. The van der Waals surface area contributed by atoms with Crippen LogP contribution in [0, 0.1) is 0 Å². The Labute approximate surface area is 110 Å². The molecule has 1 atom stereocenters. The van der Waals surface area contributed by atoms with Gasteiger partial charge < -0.3 is 5.11 Å². The fraction of sp³-hybridized carbons (Fsp3) is 0.833. The van der Waals surface area contributed by atoms with Gasteiger partial charge in [-0.2, -0.15) is 4.31 Å². The highest BCUT2D eigenvalue weighted by atomic mass is 32.2. The Morgan fingerprint density at radius 3 is 2.44 bits per heavy atom. The Kier molecular flexibility index (Phi) is 6.28. The number of aliphatic hydroxyl groups excluding tert-OH is 1. The van der Waals surface area contributed by atoms with Crippen molar-refractivity contribution in [3.05, 3.63) is 12.7 Å².